The molecule has 0 aliphatic heterocycles. The first-order valence-corrected chi connectivity index (χ1v) is 16.4. The molecular formula is C47H32IrN3. The Kier molecular flexibility index (Phi) is 11.6. The molecule has 6 aromatic carbocycles. The van der Waals surface area contributed by atoms with Gasteiger partial charge in [0.2, 0.25) is 0 Å². The van der Waals surface area contributed by atoms with Gasteiger partial charge in [-0.2, -0.15) is 0 Å². The molecule has 51 heavy (non-hydrogen) atoms. The summed E-state index contributed by atoms with van der Waals surface area (Å²) in [5, 5.41) is 7.13. The summed E-state index contributed by atoms with van der Waals surface area (Å²) in [4.78, 5) is 13.4. The number of fused-ring (bicyclic) bond motifs is 3. The van der Waals surface area contributed by atoms with Gasteiger partial charge < -0.3 is 15.0 Å². The Morgan fingerprint density at radius 1 is 0.412 bits per heavy atom. The van der Waals surface area contributed by atoms with E-state index in [0.717, 1.165) is 44.7 Å². The van der Waals surface area contributed by atoms with E-state index < -0.39 is 0 Å². The average Bonchev–Trinajstić information content (AvgIpc) is 3.21. The number of hydrogen-bond donors (Lipinski definition) is 0. The van der Waals surface area contributed by atoms with Gasteiger partial charge in [0, 0.05) is 18.6 Å². The van der Waals surface area contributed by atoms with E-state index in [1.165, 1.54) is 26.9 Å². The van der Waals surface area contributed by atoms with E-state index in [2.05, 4.69) is 76.1 Å². The smallest absolute Gasteiger partial charge is 0.304 e. The zero-order valence-corrected chi connectivity index (χ0v) is 30.1. The molecule has 4 heteroatoms. The average molecular weight is 831 g/mol. The summed E-state index contributed by atoms with van der Waals surface area (Å²) in [5.41, 5.74) is 7.14. The van der Waals surface area contributed by atoms with Crippen LogP contribution in [0.5, 0.6) is 0 Å². The van der Waals surface area contributed by atoms with Crippen LogP contribution in [0.4, 0.5) is 0 Å². The third kappa shape index (κ3) is 8.22. The Labute approximate surface area is 312 Å². The number of pyridine rings is 3. The minimum absolute atomic E-state index is 0. The Bertz CT molecular complexity index is 2370. The number of benzene rings is 6. The quantitative estimate of drug-likeness (QED) is 0.166. The number of rotatable bonds is 4. The van der Waals surface area contributed by atoms with Gasteiger partial charge >= 0.3 is 20.1 Å². The SMILES string of the molecule is C=Cc1c[c-]c(-c2nccc3ccccc23)cc1.[Ir+3].[c-]1ccccc1-c1nccc2ccccc12.[c-]1ccccc1-c1nccc2ccccc12. The molecule has 0 amide bonds. The molecule has 244 valence electrons. The van der Waals surface area contributed by atoms with Crippen molar-refractivity contribution in [1.29, 1.82) is 0 Å². The molecule has 0 radical (unpaired) electrons. The van der Waals surface area contributed by atoms with Crippen LogP contribution < -0.4 is 0 Å². The molecule has 3 nitrogen and oxygen atoms in total. The van der Waals surface area contributed by atoms with E-state index in [1.807, 2.05) is 146 Å². The van der Waals surface area contributed by atoms with Gasteiger partial charge in [-0.15, -0.1) is 120 Å². The zero-order chi connectivity index (χ0) is 34.0. The molecule has 0 aliphatic carbocycles. The second-order valence-electron chi connectivity index (χ2n) is 11.4. The van der Waals surface area contributed by atoms with Crippen molar-refractivity contribution in [1.82, 2.24) is 15.0 Å². The van der Waals surface area contributed by atoms with Crippen molar-refractivity contribution in [3.63, 3.8) is 0 Å². The summed E-state index contributed by atoms with van der Waals surface area (Å²) >= 11 is 0. The molecule has 0 fully saturated rings. The van der Waals surface area contributed by atoms with Crippen LogP contribution in [0.2, 0.25) is 0 Å². The van der Waals surface area contributed by atoms with Crippen molar-refractivity contribution in [3.05, 3.63) is 207 Å². The molecule has 0 aliphatic rings. The fraction of sp³-hybridized carbons (Fsp3) is 0. The van der Waals surface area contributed by atoms with Gasteiger partial charge in [0.25, 0.3) is 0 Å². The van der Waals surface area contributed by atoms with E-state index in [-0.39, 0.29) is 20.1 Å². The van der Waals surface area contributed by atoms with Crippen molar-refractivity contribution in [2.75, 3.05) is 0 Å². The molecule has 0 saturated carbocycles. The Morgan fingerprint density at radius 2 is 0.804 bits per heavy atom. The van der Waals surface area contributed by atoms with Gasteiger partial charge in [0.05, 0.1) is 0 Å². The molecular weight excluding hydrogens is 799 g/mol. The summed E-state index contributed by atoms with van der Waals surface area (Å²) in [6.45, 7) is 3.75. The zero-order valence-electron chi connectivity index (χ0n) is 27.7. The standard InChI is InChI=1S/C17H12N.2C15H10N.Ir/c1-2-13-7-9-15(10-8-13)17-16-6-4-3-5-14(16)11-12-18-17;2*1-2-7-13(8-3-1)15-14-9-5-4-6-12(14)10-11-16-15;/h2-9,11-12H,1H2;2*1-7,9-11H;/q3*-1;+3. The van der Waals surface area contributed by atoms with Crippen molar-refractivity contribution >= 4 is 38.4 Å². The van der Waals surface area contributed by atoms with Gasteiger partial charge in [-0.3, -0.25) is 0 Å². The summed E-state index contributed by atoms with van der Waals surface area (Å²) < 4.78 is 0. The first kappa shape index (κ1) is 34.8. The monoisotopic (exact) mass is 831 g/mol. The van der Waals surface area contributed by atoms with E-state index >= 15 is 0 Å². The second kappa shape index (κ2) is 17.0. The van der Waals surface area contributed by atoms with Gasteiger partial charge in [-0.1, -0.05) is 72.8 Å². The summed E-state index contributed by atoms with van der Waals surface area (Å²) in [7, 11) is 0. The minimum atomic E-state index is 0. The van der Waals surface area contributed by atoms with Crippen molar-refractivity contribution in [3.8, 4) is 33.8 Å². The summed E-state index contributed by atoms with van der Waals surface area (Å²) in [6.07, 6.45) is 7.35. The van der Waals surface area contributed by atoms with Crippen LogP contribution >= 0.6 is 0 Å². The van der Waals surface area contributed by atoms with Crippen LogP contribution in [0.15, 0.2) is 183 Å². The van der Waals surface area contributed by atoms with E-state index in [9.17, 15) is 0 Å². The van der Waals surface area contributed by atoms with Crippen LogP contribution in [-0.2, 0) is 20.1 Å². The maximum Gasteiger partial charge on any atom is 3.00 e. The van der Waals surface area contributed by atoms with Crippen molar-refractivity contribution < 1.29 is 20.1 Å². The molecule has 9 rings (SSSR count). The fourth-order valence-corrected chi connectivity index (χ4v) is 5.80. The molecule has 0 N–H and O–H groups in total. The number of hydrogen-bond acceptors (Lipinski definition) is 3. The maximum absolute atomic E-state index is 4.48. The Morgan fingerprint density at radius 3 is 1.16 bits per heavy atom. The van der Waals surface area contributed by atoms with E-state index in [0.29, 0.717) is 0 Å². The van der Waals surface area contributed by atoms with E-state index in [1.54, 1.807) is 0 Å². The van der Waals surface area contributed by atoms with Gasteiger partial charge in [-0.25, -0.2) is 0 Å². The maximum atomic E-state index is 4.48. The molecule has 0 unspecified atom stereocenters. The van der Waals surface area contributed by atoms with Gasteiger partial charge in [0.15, 0.2) is 0 Å². The third-order valence-corrected chi connectivity index (χ3v) is 8.28. The fourth-order valence-electron chi connectivity index (χ4n) is 5.80. The summed E-state index contributed by atoms with van der Waals surface area (Å²) in [6, 6.07) is 62.4. The minimum Gasteiger partial charge on any atom is -0.304 e. The first-order valence-electron chi connectivity index (χ1n) is 16.4. The second-order valence-corrected chi connectivity index (χ2v) is 11.4. The number of aromatic nitrogens is 3. The summed E-state index contributed by atoms with van der Waals surface area (Å²) in [5.74, 6) is 0. The third-order valence-electron chi connectivity index (χ3n) is 8.28. The van der Waals surface area contributed by atoms with Gasteiger partial charge in [0.1, 0.15) is 0 Å². The van der Waals surface area contributed by atoms with Crippen LogP contribution in [0.3, 0.4) is 0 Å². The molecule has 3 aromatic heterocycles. The topological polar surface area (TPSA) is 38.7 Å². The Balaban J connectivity index is 0.000000131. The molecule has 0 spiro atoms. The van der Waals surface area contributed by atoms with E-state index in [4.69, 9.17) is 0 Å². The Hall–Kier alpha value is -6.06. The largest absolute Gasteiger partial charge is 3.00 e. The van der Waals surface area contributed by atoms with Crippen LogP contribution in [0, 0.1) is 18.2 Å². The molecule has 3 heterocycles. The van der Waals surface area contributed by atoms with Crippen LogP contribution in [-0.4, -0.2) is 15.0 Å². The van der Waals surface area contributed by atoms with Crippen LogP contribution in [0.1, 0.15) is 5.56 Å². The molecule has 0 bridgehead atoms. The molecule has 0 saturated heterocycles. The molecule has 0 atom stereocenters. The normalized spacial score (nSPS) is 10.3. The van der Waals surface area contributed by atoms with Crippen molar-refractivity contribution in [2.24, 2.45) is 0 Å². The number of nitrogens with zero attached hydrogens (tertiary/aromatic N) is 3. The van der Waals surface area contributed by atoms with Crippen LogP contribution in [0.25, 0.3) is 72.2 Å². The van der Waals surface area contributed by atoms with Crippen molar-refractivity contribution in [2.45, 2.75) is 0 Å². The first-order chi connectivity index (χ1) is 24.8. The molecule has 9 aromatic rings. The predicted molar refractivity (Wildman–Crippen MR) is 208 cm³/mol. The van der Waals surface area contributed by atoms with Gasteiger partial charge in [-0.05, 0) is 67.6 Å². The predicted octanol–water partition coefficient (Wildman–Crippen LogP) is 11.7.